The van der Waals surface area contributed by atoms with Gasteiger partial charge >= 0.3 is 6.09 Å². The summed E-state index contributed by atoms with van der Waals surface area (Å²) in [5.41, 5.74) is 0.907. The average Bonchev–Trinajstić information content (AvgIpc) is 3.45. The molecule has 2 aliphatic heterocycles. The number of imide groups is 1. The van der Waals surface area contributed by atoms with Gasteiger partial charge in [0, 0.05) is 5.92 Å². The second-order valence-corrected chi connectivity index (χ2v) is 7.96. The zero-order valence-corrected chi connectivity index (χ0v) is 15.7. The molecule has 1 aliphatic carbocycles. The van der Waals surface area contributed by atoms with E-state index in [1.165, 1.54) is 5.57 Å². The van der Waals surface area contributed by atoms with Crippen LogP contribution in [0.25, 0.3) is 0 Å². The molecule has 5 atom stereocenters. The molecule has 0 aromatic heterocycles. The fraction of sp³-hybridized carbons (Fsp3) is 0.778. The molecule has 0 radical (unpaired) electrons. The van der Waals surface area contributed by atoms with Crippen LogP contribution in [-0.2, 0) is 19.0 Å². The molecule has 1 N–H and O–H groups in total. The second-order valence-electron chi connectivity index (χ2n) is 7.70. The number of carbonyl (C=O) groups excluding carboxylic acids is 2. The van der Waals surface area contributed by atoms with Crippen LogP contribution in [0.15, 0.2) is 11.6 Å². The molecular formula is C18H26ClNO5. The summed E-state index contributed by atoms with van der Waals surface area (Å²) in [6.07, 6.45) is 4.54. The molecule has 2 saturated heterocycles. The molecule has 3 fully saturated rings. The van der Waals surface area contributed by atoms with Gasteiger partial charge in [0.15, 0.2) is 0 Å². The van der Waals surface area contributed by atoms with Crippen molar-refractivity contribution in [1.29, 1.82) is 0 Å². The lowest BCUT2D eigenvalue weighted by Crippen LogP contribution is -2.45. The number of epoxide rings is 2. The largest absolute Gasteiger partial charge is 0.446 e. The van der Waals surface area contributed by atoms with Crippen LogP contribution in [0.2, 0.25) is 0 Å². The van der Waals surface area contributed by atoms with Gasteiger partial charge in [-0.25, -0.2) is 4.79 Å². The molecule has 2 amide bonds. The third-order valence-electron chi connectivity index (χ3n) is 5.59. The number of hydrogen-bond donors (Lipinski definition) is 1. The van der Waals surface area contributed by atoms with Crippen LogP contribution in [-0.4, -0.2) is 47.9 Å². The van der Waals surface area contributed by atoms with E-state index in [9.17, 15) is 9.59 Å². The van der Waals surface area contributed by atoms with Gasteiger partial charge in [-0.2, -0.15) is 0 Å². The van der Waals surface area contributed by atoms with Gasteiger partial charge in [-0.15, -0.1) is 11.6 Å². The number of halogens is 1. The third-order valence-corrected chi connectivity index (χ3v) is 5.83. The number of rotatable bonds is 5. The molecule has 1 saturated carbocycles. The molecule has 0 unspecified atom stereocenters. The van der Waals surface area contributed by atoms with Gasteiger partial charge in [0.1, 0.15) is 12.0 Å². The van der Waals surface area contributed by atoms with Crippen LogP contribution in [0.4, 0.5) is 4.79 Å². The highest BCUT2D eigenvalue weighted by Crippen LogP contribution is 2.59. The summed E-state index contributed by atoms with van der Waals surface area (Å²) in [7, 11) is 0. The number of nitrogens with one attached hydrogen (secondary N) is 1. The summed E-state index contributed by atoms with van der Waals surface area (Å²) >= 11 is 5.39. The first kappa shape index (κ1) is 18.7. The Kier molecular flexibility index (Phi) is 5.15. The molecular weight excluding hydrogens is 346 g/mol. The number of allylic oxidation sites excluding steroid dienone is 1. The highest BCUT2D eigenvalue weighted by atomic mass is 35.5. The number of alkyl carbamates (subject to hydrolysis) is 1. The standard InChI is InChI=1S/C18H26ClNO5/c1-11(2)4-5-14-17(3,25-14)13-8-12(6-7-18(13)10-23-18)24-16(22)20-15(21)9-19/h4,12-14H,5-10H2,1-3H3,(H,20,21,22)/t12-,13-,14+,17-,18+/m1/s1. The molecule has 25 heavy (non-hydrogen) atoms. The minimum absolute atomic E-state index is 0.128. The first-order valence-electron chi connectivity index (χ1n) is 8.80. The second kappa shape index (κ2) is 6.89. The molecule has 0 aromatic carbocycles. The summed E-state index contributed by atoms with van der Waals surface area (Å²) in [5.74, 6) is -0.636. The fourth-order valence-corrected chi connectivity index (χ4v) is 4.08. The molecule has 1 spiro atoms. The molecule has 0 bridgehead atoms. The van der Waals surface area contributed by atoms with Crippen molar-refractivity contribution in [3.05, 3.63) is 11.6 Å². The maximum atomic E-state index is 11.8. The summed E-state index contributed by atoms with van der Waals surface area (Å²) in [6, 6.07) is 0. The Morgan fingerprint density at radius 2 is 2.12 bits per heavy atom. The lowest BCUT2D eigenvalue weighted by molar-refractivity contribution is -0.118. The Balaban J connectivity index is 1.60. The van der Waals surface area contributed by atoms with Gasteiger partial charge < -0.3 is 14.2 Å². The van der Waals surface area contributed by atoms with Crippen LogP contribution >= 0.6 is 11.6 Å². The SMILES string of the molecule is CC(C)=CC[C@@H]1O[C@]1(C)[C@H]1C[C@H](OC(=O)NC(=O)CCl)CC[C@]12CO2. The minimum Gasteiger partial charge on any atom is -0.446 e. The Morgan fingerprint density at radius 3 is 2.72 bits per heavy atom. The first-order chi connectivity index (χ1) is 11.8. The van der Waals surface area contributed by atoms with Gasteiger partial charge in [-0.3, -0.25) is 10.1 Å². The van der Waals surface area contributed by atoms with Gasteiger partial charge in [0.2, 0.25) is 5.91 Å². The summed E-state index contributed by atoms with van der Waals surface area (Å²) in [6.45, 7) is 7.03. The van der Waals surface area contributed by atoms with E-state index in [1.807, 2.05) is 0 Å². The highest BCUT2D eigenvalue weighted by Gasteiger charge is 2.68. The van der Waals surface area contributed by atoms with E-state index in [4.69, 9.17) is 25.8 Å². The predicted molar refractivity (Wildman–Crippen MR) is 92.5 cm³/mol. The maximum Gasteiger partial charge on any atom is 0.414 e. The normalized spacial score (nSPS) is 38.8. The van der Waals surface area contributed by atoms with E-state index < -0.39 is 12.0 Å². The summed E-state index contributed by atoms with van der Waals surface area (Å²) < 4.78 is 17.3. The van der Waals surface area contributed by atoms with Crippen LogP contribution < -0.4 is 5.32 Å². The molecule has 7 heteroatoms. The topological polar surface area (TPSA) is 80.5 Å². The van der Waals surface area contributed by atoms with Crippen LogP contribution in [0.1, 0.15) is 46.5 Å². The van der Waals surface area contributed by atoms with Gasteiger partial charge in [0.25, 0.3) is 0 Å². The van der Waals surface area contributed by atoms with Crippen molar-refractivity contribution >= 4 is 23.6 Å². The lowest BCUT2D eigenvalue weighted by atomic mass is 9.70. The van der Waals surface area contributed by atoms with Crippen molar-refractivity contribution in [3.8, 4) is 0 Å². The van der Waals surface area contributed by atoms with Gasteiger partial charge in [-0.05, 0) is 46.5 Å². The maximum absolute atomic E-state index is 11.8. The monoisotopic (exact) mass is 371 g/mol. The summed E-state index contributed by atoms with van der Waals surface area (Å²) in [5, 5.41) is 2.12. The van der Waals surface area contributed by atoms with Crippen molar-refractivity contribution in [1.82, 2.24) is 5.32 Å². The van der Waals surface area contributed by atoms with Crippen molar-refractivity contribution < 1.29 is 23.8 Å². The van der Waals surface area contributed by atoms with Crippen molar-refractivity contribution in [2.24, 2.45) is 5.92 Å². The number of alkyl halides is 1. The Labute approximate surface area is 153 Å². The number of carbonyl (C=O) groups is 2. The van der Waals surface area contributed by atoms with E-state index >= 15 is 0 Å². The fourth-order valence-electron chi connectivity index (χ4n) is 4.01. The lowest BCUT2D eigenvalue weighted by Gasteiger charge is -2.36. The number of hydrogen-bond acceptors (Lipinski definition) is 5. The predicted octanol–water partition coefficient (Wildman–Crippen LogP) is 2.93. The number of amides is 2. The quantitative estimate of drug-likeness (QED) is 0.456. The van der Waals surface area contributed by atoms with Crippen LogP contribution in [0, 0.1) is 5.92 Å². The molecule has 3 aliphatic rings. The highest BCUT2D eigenvalue weighted by molar-refractivity contribution is 6.28. The van der Waals surface area contributed by atoms with Crippen molar-refractivity contribution in [2.45, 2.75) is 69.9 Å². The van der Waals surface area contributed by atoms with Crippen LogP contribution in [0.3, 0.4) is 0 Å². The number of ether oxygens (including phenoxy) is 3. The van der Waals surface area contributed by atoms with E-state index in [1.54, 1.807) is 0 Å². The average molecular weight is 372 g/mol. The third kappa shape index (κ3) is 4.01. The van der Waals surface area contributed by atoms with Crippen LogP contribution in [0.5, 0.6) is 0 Å². The molecule has 3 rings (SSSR count). The van der Waals surface area contributed by atoms with Gasteiger partial charge in [0.05, 0.1) is 23.9 Å². The van der Waals surface area contributed by atoms with E-state index in [-0.39, 0.29) is 35.2 Å². The molecule has 2 heterocycles. The molecule has 6 nitrogen and oxygen atoms in total. The molecule has 0 aromatic rings. The molecule has 140 valence electrons. The zero-order chi connectivity index (χ0) is 18.2. The Bertz CT molecular complexity index is 584. The van der Waals surface area contributed by atoms with E-state index in [0.29, 0.717) is 6.42 Å². The Morgan fingerprint density at radius 1 is 1.40 bits per heavy atom. The Hall–Kier alpha value is -1.11. The van der Waals surface area contributed by atoms with Crippen molar-refractivity contribution in [2.75, 3.05) is 12.5 Å². The smallest absolute Gasteiger partial charge is 0.414 e. The van der Waals surface area contributed by atoms with Gasteiger partial charge in [-0.1, -0.05) is 11.6 Å². The first-order valence-corrected chi connectivity index (χ1v) is 9.34. The minimum atomic E-state index is -0.731. The van der Waals surface area contributed by atoms with E-state index in [0.717, 1.165) is 25.9 Å². The van der Waals surface area contributed by atoms with Crippen molar-refractivity contribution in [3.63, 3.8) is 0 Å². The summed E-state index contributed by atoms with van der Waals surface area (Å²) in [4.78, 5) is 23.0. The van der Waals surface area contributed by atoms with E-state index in [2.05, 4.69) is 32.2 Å². The zero-order valence-electron chi connectivity index (χ0n) is 15.0.